The monoisotopic (exact) mass is 237 g/mol. The van der Waals surface area contributed by atoms with E-state index >= 15 is 0 Å². The van der Waals surface area contributed by atoms with Crippen LogP contribution < -0.4 is 5.43 Å². The molecule has 1 N–H and O–H groups in total. The van der Waals surface area contributed by atoms with Crippen LogP contribution in [-0.4, -0.2) is 31.3 Å². The van der Waals surface area contributed by atoms with Crippen LogP contribution in [-0.2, 0) is 4.74 Å². The number of nitrogens with one attached hydrogen (secondary N) is 1. The van der Waals surface area contributed by atoms with Crippen LogP contribution in [0.15, 0.2) is 18.2 Å². The second-order valence-electron chi connectivity index (χ2n) is 3.52. The fourth-order valence-corrected chi connectivity index (χ4v) is 1.76. The Labute approximate surface area is 99.3 Å². The van der Waals surface area contributed by atoms with E-state index in [1.807, 2.05) is 12.1 Å². The van der Waals surface area contributed by atoms with Crippen LogP contribution in [0.2, 0.25) is 5.02 Å². The molecule has 0 atom stereocenters. The maximum absolute atomic E-state index is 8.75. The third-order valence-electron chi connectivity index (χ3n) is 2.39. The number of rotatable bonds is 2. The largest absolute Gasteiger partial charge is 0.379 e. The molecule has 0 bridgehead atoms. The number of anilines is 1. The average molecular weight is 238 g/mol. The van der Waals surface area contributed by atoms with Crippen LogP contribution in [0.5, 0.6) is 0 Å². The molecule has 0 unspecified atom stereocenters. The van der Waals surface area contributed by atoms with Crippen molar-refractivity contribution in [1.29, 1.82) is 5.26 Å². The smallest absolute Gasteiger partial charge is 0.101 e. The Morgan fingerprint density at radius 1 is 1.38 bits per heavy atom. The van der Waals surface area contributed by atoms with Crippen molar-refractivity contribution in [2.75, 3.05) is 31.7 Å². The summed E-state index contributed by atoms with van der Waals surface area (Å²) in [4.78, 5) is 0. The topological polar surface area (TPSA) is 48.3 Å². The number of hydrogen-bond donors (Lipinski definition) is 1. The van der Waals surface area contributed by atoms with Gasteiger partial charge in [0.05, 0.1) is 29.5 Å². The third kappa shape index (κ3) is 2.64. The number of nitriles is 1. The molecule has 1 aromatic carbocycles. The van der Waals surface area contributed by atoms with Crippen LogP contribution in [0.4, 0.5) is 5.69 Å². The normalized spacial score (nSPS) is 16.8. The quantitative estimate of drug-likeness (QED) is 0.853. The van der Waals surface area contributed by atoms with Gasteiger partial charge in [-0.05, 0) is 18.2 Å². The van der Waals surface area contributed by atoms with E-state index in [0.29, 0.717) is 10.6 Å². The summed E-state index contributed by atoms with van der Waals surface area (Å²) in [5.41, 5.74) is 4.62. The summed E-state index contributed by atoms with van der Waals surface area (Å²) in [6.45, 7) is 3.16. The first-order chi connectivity index (χ1) is 7.79. The van der Waals surface area contributed by atoms with Crippen molar-refractivity contribution in [2.45, 2.75) is 0 Å². The first kappa shape index (κ1) is 11.2. The van der Waals surface area contributed by atoms with Crippen molar-refractivity contribution in [3.05, 3.63) is 28.8 Å². The minimum atomic E-state index is 0.473. The van der Waals surface area contributed by atoms with E-state index in [2.05, 4.69) is 10.4 Å². The Balaban J connectivity index is 2.04. The maximum atomic E-state index is 8.75. The highest BCUT2D eigenvalue weighted by Gasteiger charge is 2.10. The lowest BCUT2D eigenvalue weighted by atomic mass is 10.2. The zero-order chi connectivity index (χ0) is 11.4. The van der Waals surface area contributed by atoms with Gasteiger partial charge in [0.2, 0.25) is 0 Å². The fraction of sp³-hybridized carbons (Fsp3) is 0.364. The summed E-state index contributed by atoms with van der Waals surface area (Å²) in [5, 5.41) is 11.3. The van der Waals surface area contributed by atoms with Gasteiger partial charge in [-0.15, -0.1) is 0 Å². The molecule has 16 heavy (non-hydrogen) atoms. The zero-order valence-electron chi connectivity index (χ0n) is 8.74. The molecule has 0 aromatic heterocycles. The standard InChI is InChI=1S/C11H12ClN3O/c12-11-7-10(2-1-9(11)8-13)14-15-3-5-16-6-4-15/h1-2,7,14H,3-6H2. The lowest BCUT2D eigenvalue weighted by molar-refractivity contribution is 0.0497. The van der Waals surface area contributed by atoms with E-state index in [-0.39, 0.29) is 0 Å². The van der Waals surface area contributed by atoms with Crippen molar-refractivity contribution in [2.24, 2.45) is 0 Å². The van der Waals surface area contributed by atoms with Gasteiger partial charge in [-0.1, -0.05) is 11.6 Å². The molecule has 0 spiro atoms. The van der Waals surface area contributed by atoms with Crippen molar-refractivity contribution in [3.8, 4) is 6.07 Å². The van der Waals surface area contributed by atoms with Gasteiger partial charge in [0.25, 0.3) is 0 Å². The molecular weight excluding hydrogens is 226 g/mol. The molecule has 0 aliphatic carbocycles. The highest BCUT2D eigenvalue weighted by Crippen LogP contribution is 2.20. The SMILES string of the molecule is N#Cc1ccc(NN2CCOCC2)cc1Cl. The van der Waals surface area contributed by atoms with Gasteiger partial charge in [-0.25, -0.2) is 5.01 Å². The molecule has 0 amide bonds. The van der Waals surface area contributed by atoms with Crippen LogP contribution in [0, 0.1) is 11.3 Å². The van der Waals surface area contributed by atoms with E-state index in [0.717, 1.165) is 32.0 Å². The van der Waals surface area contributed by atoms with Crippen molar-refractivity contribution < 1.29 is 4.74 Å². The van der Waals surface area contributed by atoms with E-state index in [1.165, 1.54) is 0 Å². The number of benzene rings is 1. The predicted molar refractivity (Wildman–Crippen MR) is 62.2 cm³/mol. The molecule has 1 saturated heterocycles. The molecular formula is C11H12ClN3O. The number of ether oxygens (including phenoxy) is 1. The molecule has 0 radical (unpaired) electrons. The Hall–Kier alpha value is -1.28. The fourth-order valence-electron chi connectivity index (χ4n) is 1.53. The van der Waals surface area contributed by atoms with Crippen molar-refractivity contribution >= 4 is 17.3 Å². The molecule has 84 valence electrons. The lowest BCUT2D eigenvalue weighted by Gasteiger charge is -2.28. The number of hydrazine groups is 1. The summed E-state index contributed by atoms with van der Waals surface area (Å²) in [6.07, 6.45) is 0. The van der Waals surface area contributed by atoms with Gasteiger partial charge in [-0.2, -0.15) is 5.26 Å². The molecule has 1 aliphatic heterocycles. The number of nitrogens with zero attached hydrogens (tertiary/aromatic N) is 2. The van der Waals surface area contributed by atoms with Gasteiger partial charge in [-0.3, -0.25) is 0 Å². The van der Waals surface area contributed by atoms with E-state index in [9.17, 15) is 0 Å². The molecule has 4 nitrogen and oxygen atoms in total. The van der Waals surface area contributed by atoms with Gasteiger partial charge < -0.3 is 10.2 Å². The Morgan fingerprint density at radius 2 is 2.12 bits per heavy atom. The molecule has 2 rings (SSSR count). The van der Waals surface area contributed by atoms with E-state index in [1.54, 1.807) is 12.1 Å². The molecule has 1 aliphatic rings. The van der Waals surface area contributed by atoms with Gasteiger partial charge in [0, 0.05) is 13.1 Å². The van der Waals surface area contributed by atoms with Crippen LogP contribution >= 0.6 is 11.6 Å². The Kier molecular flexibility index (Phi) is 3.62. The average Bonchev–Trinajstić information content (AvgIpc) is 2.31. The van der Waals surface area contributed by atoms with Crippen molar-refractivity contribution in [1.82, 2.24) is 5.01 Å². The molecule has 1 heterocycles. The summed E-state index contributed by atoms with van der Waals surface area (Å²) in [5.74, 6) is 0. The molecule has 5 heteroatoms. The first-order valence-corrected chi connectivity index (χ1v) is 5.46. The minimum absolute atomic E-state index is 0.473. The summed E-state index contributed by atoms with van der Waals surface area (Å²) >= 11 is 5.94. The van der Waals surface area contributed by atoms with Gasteiger partial charge >= 0.3 is 0 Å². The number of morpholine rings is 1. The van der Waals surface area contributed by atoms with Crippen LogP contribution in [0.25, 0.3) is 0 Å². The number of halogens is 1. The highest BCUT2D eigenvalue weighted by molar-refractivity contribution is 6.32. The van der Waals surface area contributed by atoms with E-state index < -0.39 is 0 Å². The lowest BCUT2D eigenvalue weighted by Crippen LogP contribution is -2.40. The van der Waals surface area contributed by atoms with Crippen LogP contribution in [0.3, 0.4) is 0 Å². The number of hydrogen-bond acceptors (Lipinski definition) is 4. The minimum Gasteiger partial charge on any atom is -0.379 e. The second kappa shape index (κ2) is 5.17. The summed E-state index contributed by atoms with van der Waals surface area (Å²) in [7, 11) is 0. The van der Waals surface area contributed by atoms with Crippen LogP contribution in [0.1, 0.15) is 5.56 Å². The van der Waals surface area contributed by atoms with Gasteiger partial charge in [0.15, 0.2) is 0 Å². The molecule has 0 saturated carbocycles. The Morgan fingerprint density at radius 3 is 2.75 bits per heavy atom. The first-order valence-electron chi connectivity index (χ1n) is 5.08. The molecule has 1 fully saturated rings. The molecule has 1 aromatic rings. The Bertz CT molecular complexity index is 410. The van der Waals surface area contributed by atoms with Gasteiger partial charge in [0.1, 0.15) is 6.07 Å². The predicted octanol–water partition coefficient (Wildman–Crippen LogP) is 1.87. The zero-order valence-corrected chi connectivity index (χ0v) is 9.50. The van der Waals surface area contributed by atoms with E-state index in [4.69, 9.17) is 21.6 Å². The highest BCUT2D eigenvalue weighted by atomic mass is 35.5. The second-order valence-corrected chi connectivity index (χ2v) is 3.92. The third-order valence-corrected chi connectivity index (χ3v) is 2.70. The van der Waals surface area contributed by atoms with Crippen molar-refractivity contribution in [3.63, 3.8) is 0 Å². The maximum Gasteiger partial charge on any atom is 0.101 e. The summed E-state index contributed by atoms with van der Waals surface area (Å²) in [6, 6.07) is 7.35. The summed E-state index contributed by atoms with van der Waals surface area (Å²) < 4.78 is 5.25.